The molecule has 2 amide bonds. The van der Waals surface area contributed by atoms with E-state index in [4.69, 9.17) is 4.74 Å². The molecule has 2 N–H and O–H groups in total. The van der Waals surface area contributed by atoms with Gasteiger partial charge in [-0.2, -0.15) is 0 Å². The third-order valence-corrected chi connectivity index (χ3v) is 3.56. The molecule has 0 bridgehead atoms. The summed E-state index contributed by atoms with van der Waals surface area (Å²) < 4.78 is 5.50. The number of para-hydroxylation sites is 1. The van der Waals surface area contributed by atoms with Crippen molar-refractivity contribution in [2.45, 2.75) is 12.5 Å². The standard InChI is InChI=1S/C16H13N3O5/c20-15(11-5-3-6-12(8-11)19(22)23)17-18-16(21)14-9-10-4-1-2-7-13(10)24-14/h1-8,14H,9H2,(H,17,20)(H,18,21)/t14-/m1/s1. The van der Waals surface area contributed by atoms with Crippen LogP contribution in [-0.2, 0) is 11.2 Å². The number of nitrogens with zero attached hydrogens (tertiary/aromatic N) is 1. The predicted octanol–water partition coefficient (Wildman–Crippen LogP) is 1.36. The molecule has 1 aliphatic heterocycles. The Balaban J connectivity index is 1.58. The maximum absolute atomic E-state index is 12.1. The molecule has 0 aromatic heterocycles. The largest absolute Gasteiger partial charge is 0.480 e. The molecule has 24 heavy (non-hydrogen) atoms. The van der Waals surface area contributed by atoms with Gasteiger partial charge < -0.3 is 4.74 Å². The van der Waals surface area contributed by atoms with Crippen molar-refractivity contribution in [3.05, 3.63) is 69.8 Å². The quantitative estimate of drug-likeness (QED) is 0.653. The van der Waals surface area contributed by atoms with Gasteiger partial charge in [0.2, 0.25) is 0 Å². The summed E-state index contributed by atoms with van der Waals surface area (Å²) in [6.45, 7) is 0. The van der Waals surface area contributed by atoms with Gasteiger partial charge in [0.05, 0.1) is 4.92 Å². The fourth-order valence-electron chi connectivity index (χ4n) is 2.36. The van der Waals surface area contributed by atoms with Gasteiger partial charge in [0, 0.05) is 24.1 Å². The second-order valence-corrected chi connectivity index (χ2v) is 5.17. The molecule has 0 aliphatic carbocycles. The Hall–Kier alpha value is -3.42. The molecule has 0 unspecified atom stereocenters. The van der Waals surface area contributed by atoms with Crippen molar-refractivity contribution >= 4 is 17.5 Å². The summed E-state index contributed by atoms with van der Waals surface area (Å²) in [6, 6.07) is 12.5. The normalized spacial score (nSPS) is 15.1. The number of ether oxygens (including phenoxy) is 1. The lowest BCUT2D eigenvalue weighted by molar-refractivity contribution is -0.384. The van der Waals surface area contributed by atoms with E-state index < -0.39 is 22.8 Å². The van der Waals surface area contributed by atoms with Crippen LogP contribution in [0.3, 0.4) is 0 Å². The number of nitrogens with one attached hydrogen (secondary N) is 2. The topological polar surface area (TPSA) is 111 Å². The summed E-state index contributed by atoms with van der Waals surface area (Å²) in [5.41, 5.74) is 5.28. The number of non-ortho nitro benzene ring substituents is 1. The van der Waals surface area contributed by atoms with E-state index in [9.17, 15) is 19.7 Å². The summed E-state index contributed by atoms with van der Waals surface area (Å²) in [5, 5.41) is 10.7. The van der Waals surface area contributed by atoms with Crippen molar-refractivity contribution in [2.75, 3.05) is 0 Å². The zero-order valence-corrected chi connectivity index (χ0v) is 12.4. The summed E-state index contributed by atoms with van der Waals surface area (Å²) in [7, 11) is 0. The molecule has 0 radical (unpaired) electrons. The number of amides is 2. The maximum Gasteiger partial charge on any atom is 0.279 e. The first kappa shape index (κ1) is 15.5. The first-order chi connectivity index (χ1) is 11.5. The summed E-state index contributed by atoms with van der Waals surface area (Å²) >= 11 is 0. The Bertz CT molecular complexity index is 796. The number of hydrazine groups is 1. The van der Waals surface area contributed by atoms with Gasteiger partial charge in [0.1, 0.15) is 5.75 Å². The number of hydrogen-bond acceptors (Lipinski definition) is 5. The highest BCUT2D eigenvalue weighted by atomic mass is 16.6. The van der Waals surface area contributed by atoms with Crippen LogP contribution in [0.2, 0.25) is 0 Å². The lowest BCUT2D eigenvalue weighted by Crippen LogP contribution is -2.47. The van der Waals surface area contributed by atoms with Crippen molar-refractivity contribution < 1.29 is 19.2 Å². The number of hydrogen-bond donors (Lipinski definition) is 2. The third kappa shape index (κ3) is 3.17. The fourth-order valence-corrected chi connectivity index (χ4v) is 2.36. The summed E-state index contributed by atoms with van der Waals surface area (Å²) in [6.07, 6.45) is -0.317. The average Bonchev–Trinajstić information content (AvgIpc) is 3.03. The second kappa shape index (κ2) is 6.37. The van der Waals surface area contributed by atoms with Crippen molar-refractivity contribution in [3.8, 4) is 5.75 Å². The molecule has 1 heterocycles. The van der Waals surface area contributed by atoms with E-state index in [1.54, 1.807) is 6.07 Å². The number of carbonyl (C=O) groups excluding carboxylic acids is 2. The highest BCUT2D eigenvalue weighted by molar-refractivity contribution is 5.96. The van der Waals surface area contributed by atoms with E-state index in [2.05, 4.69) is 10.9 Å². The van der Waals surface area contributed by atoms with Gasteiger partial charge in [0.15, 0.2) is 6.10 Å². The Morgan fingerprint density at radius 3 is 2.67 bits per heavy atom. The molecule has 8 nitrogen and oxygen atoms in total. The molecule has 2 aromatic rings. The van der Waals surface area contributed by atoms with Crippen LogP contribution in [0, 0.1) is 10.1 Å². The number of rotatable bonds is 3. The third-order valence-electron chi connectivity index (χ3n) is 3.56. The summed E-state index contributed by atoms with van der Waals surface area (Å²) in [5.74, 6) is -0.504. The van der Waals surface area contributed by atoms with E-state index >= 15 is 0 Å². The van der Waals surface area contributed by atoms with Gasteiger partial charge in [-0.3, -0.25) is 30.6 Å². The fraction of sp³-hybridized carbons (Fsp3) is 0.125. The molecular formula is C16H13N3O5. The zero-order chi connectivity index (χ0) is 17.1. The SMILES string of the molecule is O=C(NNC(=O)[C@H]1Cc2ccccc2O1)c1cccc([N+](=O)[O-])c1. The number of nitro groups is 1. The summed E-state index contributed by atoms with van der Waals surface area (Å²) in [4.78, 5) is 34.1. The van der Waals surface area contributed by atoms with Crippen LogP contribution < -0.4 is 15.6 Å². The van der Waals surface area contributed by atoms with Crippen molar-refractivity contribution in [3.63, 3.8) is 0 Å². The van der Waals surface area contributed by atoms with E-state index in [0.717, 1.165) is 11.6 Å². The molecule has 122 valence electrons. The van der Waals surface area contributed by atoms with Crippen LogP contribution in [0.5, 0.6) is 5.75 Å². The Morgan fingerprint density at radius 2 is 1.92 bits per heavy atom. The van der Waals surface area contributed by atoms with E-state index in [1.165, 1.54) is 18.2 Å². The average molecular weight is 327 g/mol. The lowest BCUT2D eigenvalue weighted by Gasteiger charge is -2.12. The minimum absolute atomic E-state index is 0.0696. The number of benzene rings is 2. The molecule has 8 heteroatoms. The van der Waals surface area contributed by atoms with Crippen molar-refractivity contribution in [1.29, 1.82) is 0 Å². The maximum atomic E-state index is 12.1. The van der Waals surface area contributed by atoms with E-state index in [-0.39, 0.29) is 11.3 Å². The molecule has 0 saturated heterocycles. The Kier molecular flexibility index (Phi) is 4.11. The lowest BCUT2D eigenvalue weighted by atomic mass is 10.1. The first-order valence-electron chi connectivity index (χ1n) is 7.14. The van der Waals surface area contributed by atoms with Crippen LogP contribution in [0.4, 0.5) is 5.69 Å². The van der Waals surface area contributed by atoms with Crippen molar-refractivity contribution in [1.82, 2.24) is 10.9 Å². The Morgan fingerprint density at radius 1 is 1.12 bits per heavy atom. The first-order valence-corrected chi connectivity index (χ1v) is 7.14. The van der Waals surface area contributed by atoms with Crippen LogP contribution in [-0.4, -0.2) is 22.8 Å². The molecular weight excluding hydrogens is 314 g/mol. The van der Waals surface area contributed by atoms with Gasteiger partial charge in [-0.25, -0.2) is 0 Å². The zero-order valence-electron chi connectivity index (χ0n) is 12.4. The van der Waals surface area contributed by atoms with Crippen LogP contribution >= 0.6 is 0 Å². The second-order valence-electron chi connectivity index (χ2n) is 5.17. The van der Waals surface area contributed by atoms with E-state index in [0.29, 0.717) is 12.2 Å². The monoisotopic (exact) mass is 327 g/mol. The minimum atomic E-state index is -0.729. The van der Waals surface area contributed by atoms with Crippen LogP contribution in [0.25, 0.3) is 0 Å². The van der Waals surface area contributed by atoms with Gasteiger partial charge >= 0.3 is 0 Å². The van der Waals surface area contributed by atoms with E-state index in [1.807, 2.05) is 18.2 Å². The molecule has 2 aromatic carbocycles. The molecule has 1 atom stereocenters. The van der Waals surface area contributed by atoms with Gasteiger partial charge in [-0.1, -0.05) is 24.3 Å². The molecule has 0 fully saturated rings. The van der Waals surface area contributed by atoms with Gasteiger partial charge in [-0.05, 0) is 17.7 Å². The van der Waals surface area contributed by atoms with Crippen molar-refractivity contribution in [2.24, 2.45) is 0 Å². The molecule has 0 spiro atoms. The predicted molar refractivity (Wildman–Crippen MR) is 83.3 cm³/mol. The van der Waals surface area contributed by atoms with Gasteiger partial charge in [-0.15, -0.1) is 0 Å². The van der Waals surface area contributed by atoms with Crippen LogP contribution in [0.1, 0.15) is 15.9 Å². The number of fused-ring (bicyclic) bond motifs is 1. The van der Waals surface area contributed by atoms with Gasteiger partial charge in [0.25, 0.3) is 17.5 Å². The Labute approximate surface area is 136 Å². The minimum Gasteiger partial charge on any atom is -0.480 e. The molecule has 1 aliphatic rings. The molecule has 3 rings (SSSR count). The highest BCUT2D eigenvalue weighted by Gasteiger charge is 2.29. The smallest absolute Gasteiger partial charge is 0.279 e. The number of carbonyl (C=O) groups is 2. The molecule has 0 saturated carbocycles. The number of nitro benzene ring substituents is 1. The van der Waals surface area contributed by atoms with Crippen LogP contribution in [0.15, 0.2) is 48.5 Å². The highest BCUT2D eigenvalue weighted by Crippen LogP contribution is 2.27.